The van der Waals surface area contributed by atoms with Gasteiger partial charge in [-0.15, -0.1) is 11.3 Å². The maximum Gasteiger partial charge on any atom is 0.255 e. The van der Waals surface area contributed by atoms with Crippen LogP contribution >= 0.6 is 11.3 Å². The van der Waals surface area contributed by atoms with E-state index in [2.05, 4.69) is 25.3 Å². The van der Waals surface area contributed by atoms with Crippen molar-refractivity contribution < 1.29 is 4.79 Å². The number of pyridine rings is 1. The molecule has 144 valence electrons. The lowest BCUT2D eigenvalue weighted by Gasteiger charge is -2.09. The van der Waals surface area contributed by atoms with Crippen molar-refractivity contribution in [2.75, 3.05) is 5.32 Å². The van der Waals surface area contributed by atoms with Gasteiger partial charge in [-0.05, 0) is 31.2 Å². The molecular formula is C21H17N5O2S. The number of aryl methyl sites for hydroxylation is 1. The van der Waals surface area contributed by atoms with Gasteiger partial charge in [0.2, 0.25) is 5.91 Å². The molecule has 8 heteroatoms. The molecule has 0 unspecified atom stereocenters. The normalized spacial score (nSPS) is 10.7. The zero-order valence-electron chi connectivity index (χ0n) is 15.5. The lowest BCUT2D eigenvalue weighted by Crippen LogP contribution is -2.23. The summed E-state index contributed by atoms with van der Waals surface area (Å²) in [5, 5.41) is 5.62. The first-order valence-electron chi connectivity index (χ1n) is 8.90. The number of anilines is 1. The van der Waals surface area contributed by atoms with E-state index in [1.165, 1.54) is 11.3 Å². The summed E-state index contributed by atoms with van der Waals surface area (Å²) in [6.45, 7) is 1.72. The van der Waals surface area contributed by atoms with E-state index in [0.717, 1.165) is 10.6 Å². The van der Waals surface area contributed by atoms with Gasteiger partial charge in [0.1, 0.15) is 10.8 Å². The highest BCUT2D eigenvalue weighted by Crippen LogP contribution is 2.24. The van der Waals surface area contributed by atoms with Gasteiger partial charge >= 0.3 is 0 Å². The monoisotopic (exact) mass is 403 g/mol. The Morgan fingerprint density at radius 3 is 2.76 bits per heavy atom. The molecule has 0 aliphatic rings. The fourth-order valence-corrected chi connectivity index (χ4v) is 3.56. The molecular weight excluding hydrogens is 386 g/mol. The molecule has 7 nitrogen and oxygen atoms in total. The molecule has 29 heavy (non-hydrogen) atoms. The summed E-state index contributed by atoms with van der Waals surface area (Å²) in [6, 6.07) is 11.0. The van der Waals surface area contributed by atoms with Crippen molar-refractivity contribution in [2.45, 2.75) is 13.3 Å². The number of aromatic nitrogens is 4. The maximum atomic E-state index is 12.5. The zero-order valence-corrected chi connectivity index (χ0v) is 16.4. The lowest BCUT2D eigenvalue weighted by molar-refractivity contribution is -0.115. The van der Waals surface area contributed by atoms with Crippen molar-refractivity contribution in [2.24, 2.45) is 0 Å². The summed E-state index contributed by atoms with van der Waals surface area (Å²) >= 11 is 1.53. The van der Waals surface area contributed by atoms with E-state index in [4.69, 9.17) is 0 Å². The van der Waals surface area contributed by atoms with Gasteiger partial charge in [0.25, 0.3) is 5.56 Å². The fraction of sp³-hybridized carbons (Fsp3) is 0.0952. The molecule has 1 amide bonds. The standard InChI is InChI=1S/C21H17N5O2S/c1-13-17(20(28)26-19(24-13)15-5-3-7-22-12-15)11-18(27)25-16-6-2-4-14(10-16)21-23-8-9-29-21/h2-10,12H,11H2,1H3,(H,25,27)(H,24,26,28). The number of nitrogens with zero attached hydrogens (tertiary/aromatic N) is 3. The average Bonchev–Trinajstić information content (AvgIpc) is 3.26. The van der Waals surface area contributed by atoms with Crippen LogP contribution in [0.25, 0.3) is 22.0 Å². The number of nitrogens with one attached hydrogen (secondary N) is 2. The molecule has 0 aliphatic carbocycles. The van der Waals surface area contributed by atoms with Crippen LogP contribution in [0, 0.1) is 6.92 Å². The summed E-state index contributed by atoms with van der Waals surface area (Å²) < 4.78 is 0. The van der Waals surface area contributed by atoms with Crippen molar-refractivity contribution >= 4 is 22.9 Å². The van der Waals surface area contributed by atoms with E-state index in [0.29, 0.717) is 28.3 Å². The molecule has 0 fully saturated rings. The highest BCUT2D eigenvalue weighted by atomic mass is 32.1. The summed E-state index contributed by atoms with van der Waals surface area (Å²) in [7, 11) is 0. The Bertz CT molecular complexity index is 1200. The molecule has 0 atom stereocenters. The second-order valence-electron chi connectivity index (χ2n) is 6.36. The predicted molar refractivity (Wildman–Crippen MR) is 113 cm³/mol. The van der Waals surface area contributed by atoms with Gasteiger partial charge in [0, 0.05) is 52.0 Å². The van der Waals surface area contributed by atoms with Crippen LogP contribution in [0.5, 0.6) is 0 Å². The number of hydrogen-bond acceptors (Lipinski definition) is 6. The molecule has 4 rings (SSSR count). The zero-order chi connectivity index (χ0) is 20.2. The molecule has 0 bridgehead atoms. The van der Waals surface area contributed by atoms with E-state index < -0.39 is 0 Å². The average molecular weight is 403 g/mol. The van der Waals surface area contributed by atoms with Gasteiger partial charge in [0.15, 0.2) is 0 Å². The van der Waals surface area contributed by atoms with Gasteiger partial charge in [-0.3, -0.25) is 14.6 Å². The van der Waals surface area contributed by atoms with E-state index in [9.17, 15) is 9.59 Å². The number of hydrogen-bond donors (Lipinski definition) is 2. The number of carbonyl (C=O) groups is 1. The highest BCUT2D eigenvalue weighted by molar-refractivity contribution is 7.13. The number of rotatable bonds is 5. The number of benzene rings is 1. The quantitative estimate of drug-likeness (QED) is 0.532. The minimum atomic E-state index is -0.331. The smallest absolute Gasteiger partial charge is 0.255 e. The van der Waals surface area contributed by atoms with Crippen LogP contribution < -0.4 is 10.9 Å². The Morgan fingerprint density at radius 2 is 2.03 bits per heavy atom. The van der Waals surface area contributed by atoms with Crippen molar-refractivity contribution in [1.82, 2.24) is 19.9 Å². The van der Waals surface area contributed by atoms with Gasteiger partial charge in [-0.2, -0.15) is 0 Å². The first-order chi connectivity index (χ1) is 14.1. The number of aromatic amines is 1. The second kappa shape index (κ2) is 8.15. The molecule has 0 saturated heterocycles. The van der Waals surface area contributed by atoms with Gasteiger partial charge < -0.3 is 10.3 Å². The topological polar surface area (TPSA) is 101 Å². The molecule has 4 aromatic rings. The van der Waals surface area contributed by atoms with Gasteiger partial charge in [0.05, 0.1) is 6.42 Å². The van der Waals surface area contributed by atoms with Crippen LogP contribution in [0.2, 0.25) is 0 Å². The SMILES string of the molecule is Cc1nc(-c2cccnc2)[nH]c(=O)c1CC(=O)Nc1cccc(-c2nccs2)c1. The van der Waals surface area contributed by atoms with E-state index in [1.807, 2.05) is 29.6 Å². The van der Waals surface area contributed by atoms with Gasteiger partial charge in [-0.25, -0.2) is 9.97 Å². The minimum absolute atomic E-state index is 0.0665. The Kier molecular flexibility index (Phi) is 5.26. The van der Waals surface area contributed by atoms with Crippen molar-refractivity contribution in [3.8, 4) is 22.0 Å². The van der Waals surface area contributed by atoms with E-state index in [1.54, 1.807) is 37.6 Å². The number of amides is 1. The van der Waals surface area contributed by atoms with Crippen LogP contribution in [-0.4, -0.2) is 25.8 Å². The number of carbonyl (C=O) groups excluding carboxylic acids is 1. The highest BCUT2D eigenvalue weighted by Gasteiger charge is 2.14. The van der Waals surface area contributed by atoms with E-state index >= 15 is 0 Å². The minimum Gasteiger partial charge on any atom is -0.326 e. The maximum absolute atomic E-state index is 12.5. The third kappa shape index (κ3) is 4.27. The number of thiazole rings is 1. The first kappa shape index (κ1) is 18.7. The fourth-order valence-electron chi connectivity index (χ4n) is 2.92. The molecule has 0 saturated carbocycles. The van der Waals surface area contributed by atoms with Crippen LogP contribution in [-0.2, 0) is 11.2 Å². The third-order valence-electron chi connectivity index (χ3n) is 4.32. The summed E-state index contributed by atoms with van der Waals surface area (Å²) in [6.07, 6.45) is 4.95. The Hall–Kier alpha value is -3.65. The molecule has 0 radical (unpaired) electrons. The molecule has 3 aromatic heterocycles. The van der Waals surface area contributed by atoms with Gasteiger partial charge in [-0.1, -0.05) is 12.1 Å². The van der Waals surface area contributed by atoms with Crippen molar-refractivity contribution in [3.63, 3.8) is 0 Å². The van der Waals surface area contributed by atoms with Crippen LogP contribution in [0.4, 0.5) is 5.69 Å². The Labute approximate surface area is 170 Å². The van der Waals surface area contributed by atoms with Crippen molar-refractivity contribution in [1.29, 1.82) is 0 Å². The molecule has 0 spiro atoms. The van der Waals surface area contributed by atoms with Crippen LogP contribution in [0.15, 0.2) is 65.2 Å². The summed E-state index contributed by atoms with van der Waals surface area (Å²) in [5.41, 5.74) is 2.81. The third-order valence-corrected chi connectivity index (χ3v) is 5.14. The number of H-pyrrole nitrogens is 1. The second-order valence-corrected chi connectivity index (χ2v) is 7.26. The van der Waals surface area contributed by atoms with Crippen LogP contribution in [0.3, 0.4) is 0 Å². The first-order valence-corrected chi connectivity index (χ1v) is 9.78. The lowest BCUT2D eigenvalue weighted by atomic mass is 10.1. The largest absolute Gasteiger partial charge is 0.326 e. The molecule has 0 aliphatic heterocycles. The Balaban J connectivity index is 1.52. The van der Waals surface area contributed by atoms with E-state index in [-0.39, 0.29) is 17.9 Å². The summed E-state index contributed by atoms with van der Waals surface area (Å²) in [4.78, 5) is 40.5. The Morgan fingerprint density at radius 1 is 1.17 bits per heavy atom. The van der Waals surface area contributed by atoms with Crippen LogP contribution in [0.1, 0.15) is 11.3 Å². The molecule has 1 aromatic carbocycles. The molecule has 2 N–H and O–H groups in total. The molecule has 3 heterocycles. The predicted octanol–water partition coefficient (Wildman–Crippen LogP) is 3.45. The van der Waals surface area contributed by atoms with Crippen molar-refractivity contribution in [3.05, 3.63) is 82.0 Å². The summed E-state index contributed by atoms with van der Waals surface area (Å²) in [5.74, 6) is 0.145.